The molecule has 1 aliphatic heterocycles. The molecule has 2 aliphatic rings. The molecule has 0 spiro atoms. The molecule has 1 aliphatic carbocycles. The molecule has 0 aromatic heterocycles. The third kappa shape index (κ3) is 3.46. The number of ether oxygens (including phenoxy) is 1. The summed E-state index contributed by atoms with van der Waals surface area (Å²) in [5.41, 5.74) is 1.27. The van der Waals surface area contributed by atoms with Crippen molar-refractivity contribution in [2.24, 2.45) is 11.8 Å². The number of rotatable bonds is 5. The maximum Gasteiger partial charge on any atom is 0.0845 e. The summed E-state index contributed by atoms with van der Waals surface area (Å²) in [5.74, 6) is 1.59. The van der Waals surface area contributed by atoms with E-state index in [1.165, 1.54) is 18.4 Å². The summed E-state index contributed by atoms with van der Waals surface area (Å²) in [6.45, 7) is 4.43. The van der Waals surface area contributed by atoms with E-state index in [0.29, 0.717) is 12.2 Å². The van der Waals surface area contributed by atoms with Crippen LogP contribution in [0.25, 0.3) is 6.08 Å². The Balaban J connectivity index is 1.37. The number of benzene rings is 1. The van der Waals surface area contributed by atoms with E-state index < -0.39 is 0 Å². The Morgan fingerprint density at radius 3 is 2.84 bits per heavy atom. The van der Waals surface area contributed by atoms with E-state index in [1.54, 1.807) is 0 Å². The maximum absolute atomic E-state index is 5.62. The van der Waals surface area contributed by atoms with Gasteiger partial charge in [-0.3, -0.25) is 0 Å². The minimum absolute atomic E-state index is 0.586. The second-order valence-corrected chi connectivity index (χ2v) is 5.89. The SMILES string of the molecule is CC1CC2OC2CC1CNCC=Cc1ccccc1. The van der Waals surface area contributed by atoms with Crippen LogP contribution in [0.15, 0.2) is 36.4 Å². The largest absolute Gasteiger partial charge is 0.370 e. The topological polar surface area (TPSA) is 24.6 Å². The van der Waals surface area contributed by atoms with Crippen molar-refractivity contribution < 1.29 is 4.74 Å². The Bertz CT molecular complexity index is 428. The van der Waals surface area contributed by atoms with Gasteiger partial charge in [-0.15, -0.1) is 0 Å². The highest BCUT2D eigenvalue weighted by atomic mass is 16.6. The zero-order valence-electron chi connectivity index (χ0n) is 11.6. The summed E-state index contributed by atoms with van der Waals surface area (Å²) in [7, 11) is 0. The van der Waals surface area contributed by atoms with Gasteiger partial charge in [0.2, 0.25) is 0 Å². The first kappa shape index (κ1) is 12.9. The van der Waals surface area contributed by atoms with Gasteiger partial charge in [-0.1, -0.05) is 49.4 Å². The van der Waals surface area contributed by atoms with E-state index in [-0.39, 0.29) is 0 Å². The lowest BCUT2D eigenvalue weighted by Gasteiger charge is -2.26. The van der Waals surface area contributed by atoms with Crippen LogP contribution in [-0.4, -0.2) is 25.3 Å². The van der Waals surface area contributed by atoms with E-state index in [2.05, 4.69) is 48.7 Å². The van der Waals surface area contributed by atoms with Crippen LogP contribution in [0.3, 0.4) is 0 Å². The second kappa shape index (κ2) is 5.89. The van der Waals surface area contributed by atoms with Gasteiger partial charge in [0.15, 0.2) is 0 Å². The van der Waals surface area contributed by atoms with Gasteiger partial charge in [0.25, 0.3) is 0 Å². The van der Waals surface area contributed by atoms with Crippen molar-refractivity contribution in [2.75, 3.05) is 13.1 Å². The molecular weight excluding hydrogens is 234 g/mol. The average Bonchev–Trinajstić information content (AvgIpc) is 3.17. The van der Waals surface area contributed by atoms with Crippen LogP contribution >= 0.6 is 0 Å². The molecule has 1 saturated carbocycles. The highest BCUT2D eigenvalue weighted by molar-refractivity contribution is 5.48. The summed E-state index contributed by atoms with van der Waals surface area (Å²) in [6, 6.07) is 10.5. The fraction of sp³-hybridized carbons (Fsp3) is 0.529. The third-order valence-electron chi connectivity index (χ3n) is 4.41. The molecule has 4 atom stereocenters. The summed E-state index contributed by atoms with van der Waals surface area (Å²) in [4.78, 5) is 0. The molecule has 2 fully saturated rings. The van der Waals surface area contributed by atoms with Gasteiger partial charge in [0.05, 0.1) is 12.2 Å². The second-order valence-electron chi connectivity index (χ2n) is 5.89. The Hall–Kier alpha value is -1.12. The predicted molar refractivity (Wildman–Crippen MR) is 78.9 cm³/mol. The van der Waals surface area contributed by atoms with E-state index in [4.69, 9.17) is 4.74 Å². The molecule has 1 aromatic rings. The molecular formula is C17H23NO. The zero-order valence-corrected chi connectivity index (χ0v) is 11.6. The van der Waals surface area contributed by atoms with Crippen LogP contribution in [0.4, 0.5) is 0 Å². The van der Waals surface area contributed by atoms with Gasteiger partial charge < -0.3 is 10.1 Å². The fourth-order valence-electron chi connectivity index (χ4n) is 3.08. The Morgan fingerprint density at radius 2 is 2.00 bits per heavy atom. The van der Waals surface area contributed by atoms with Crippen molar-refractivity contribution in [3.63, 3.8) is 0 Å². The van der Waals surface area contributed by atoms with Gasteiger partial charge in [-0.05, 0) is 36.8 Å². The summed E-state index contributed by atoms with van der Waals surface area (Å²) in [6.07, 6.45) is 8.08. The van der Waals surface area contributed by atoms with E-state index in [0.717, 1.165) is 24.9 Å². The third-order valence-corrected chi connectivity index (χ3v) is 4.41. The minimum atomic E-state index is 0.586. The number of nitrogens with one attached hydrogen (secondary N) is 1. The number of fused-ring (bicyclic) bond motifs is 1. The van der Waals surface area contributed by atoms with Crippen molar-refractivity contribution in [2.45, 2.75) is 32.0 Å². The summed E-state index contributed by atoms with van der Waals surface area (Å²) in [5, 5.41) is 3.55. The quantitative estimate of drug-likeness (QED) is 0.647. The van der Waals surface area contributed by atoms with Crippen LogP contribution in [0, 0.1) is 11.8 Å². The molecule has 2 heteroatoms. The van der Waals surface area contributed by atoms with E-state index >= 15 is 0 Å². The van der Waals surface area contributed by atoms with Crippen molar-refractivity contribution in [1.82, 2.24) is 5.32 Å². The Kier molecular flexibility index (Phi) is 4.00. The monoisotopic (exact) mass is 257 g/mol. The van der Waals surface area contributed by atoms with Crippen LogP contribution in [0.2, 0.25) is 0 Å². The van der Waals surface area contributed by atoms with Crippen LogP contribution in [0.1, 0.15) is 25.3 Å². The molecule has 1 N–H and O–H groups in total. The Morgan fingerprint density at radius 1 is 1.21 bits per heavy atom. The molecule has 3 rings (SSSR count). The van der Waals surface area contributed by atoms with Crippen molar-refractivity contribution in [3.8, 4) is 0 Å². The predicted octanol–water partition coefficient (Wildman–Crippen LogP) is 3.10. The van der Waals surface area contributed by atoms with E-state index in [1.807, 2.05) is 6.07 Å². The van der Waals surface area contributed by atoms with Crippen LogP contribution in [-0.2, 0) is 4.74 Å². The summed E-state index contributed by atoms with van der Waals surface area (Å²) < 4.78 is 5.62. The van der Waals surface area contributed by atoms with Gasteiger partial charge in [0, 0.05) is 6.54 Å². The molecule has 1 saturated heterocycles. The lowest BCUT2D eigenvalue weighted by Crippen LogP contribution is -2.32. The smallest absolute Gasteiger partial charge is 0.0845 e. The number of hydrogen-bond donors (Lipinski definition) is 1. The molecule has 2 nitrogen and oxygen atoms in total. The number of epoxide rings is 1. The number of hydrogen-bond acceptors (Lipinski definition) is 2. The first-order chi connectivity index (χ1) is 9.33. The molecule has 1 heterocycles. The molecule has 0 radical (unpaired) electrons. The molecule has 0 bridgehead atoms. The molecule has 19 heavy (non-hydrogen) atoms. The lowest BCUT2D eigenvalue weighted by molar-refractivity contribution is 0.277. The molecule has 1 aromatic carbocycles. The van der Waals surface area contributed by atoms with Gasteiger partial charge in [-0.2, -0.15) is 0 Å². The maximum atomic E-state index is 5.62. The zero-order chi connectivity index (χ0) is 13.1. The van der Waals surface area contributed by atoms with Crippen molar-refractivity contribution in [1.29, 1.82) is 0 Å². The standard InChI is InChI=1S/C17H23NO/c1-13-10-16-17(19-16)11-15(13)12-18-9-5-8-14-6-3-2-4-7-14/h2-8,13,15-18H,9-12H2,1H3. The minimum Gasteiger partial charge on any atom is -0.370 e. The summed E-state index contributed by atoms with van der Waals surface area (Å²) >= 11 is 0. The molecule has 4 unspecified atom stereocenters. The Labute approximate surface area is 115 Å². The normalized spacial score (nSPS) is 33.3. The molecule has 0 amide bonds. The van der Waals surface area contributed by atoms with Gasteiger partial charge in [-0.25, -0.2) is 0 Å². The lowest BCUT2D eigenvalue weighted by atomic mass is 9.80. The molecule has 102 valence electrons. The average molecular weight is 257 g/mol. The van der Waals surface area contributed by atoms with Crippen LogP contribution < -0.4 is 5.32 Å². The van der Waals surface area contributed by atoms with Crippen molar-refractivity contribution >= 4 is 6.08 Å². The highest BCUT2D eigenvalue weighted by Crippen LogP contribution is 2.42. The van der Waals surface area contributed by atoms with Gasteiger partial charge >= 0.3 is 0 Å². The first-order valence-electron chi connectivity index (χ1n) is 7.40. The van der Waals surface area contributed by atoms with E-state index in [9.17, 15) is 0 Å². The van der Waals surface area contributed by atoms with Gasteiger partial charge in [0.1, 0.15) is 0 Å². The highest BCUT2D eigenvalue weighted by Gasteiger charge is 2.46. The fourth-order valence-corrected chi connectivity index (χ4v) is 3.08. The first-order valence-corrected chi connectivity index (χ1v) is 7.40. The van der Waals surface area contributed by atoms with Crippen LogP contribution in [0.5, 0.6) is 0 Å². The van der Waals surface area contributed by atoms with Crippen molar-refractivity contribution in [3.05, 3.63) is 42.0 Å².